The highest BCUT2D eigenvalue weighted by Gasteiger charge is 2.22. The van der Waals surface area contributed by atoms with E-state index >= 15 is 0 Å². The molecule has 1 aliphatic rings. The Hall–Kier alpha value is -0.710. The van der Waals surface area contributed by atoms with Crippen LogP contribution in [-0.4, -0.2) is 28.4 Å². The number of hydrogen-bond donors (Lipinski definition) is 1. The van der Waals surface area contributed by atoms with Crippen molar-refractivity contribution in [2.24, 2.45) is 5.73 Å². The summed E-state index contributed by atoms with van der Waals surface area (Å²) in [5.41, 5.74) is 9.77. The SMILES string of the molecule is Cc1ccc(C(N)CS(=O)C2CCOCC2)c(C)c1. The summed E-state index contributed by atoms with van der Waals surface area (Å²) in [6.45, 7) is 5.60. The van der Waals surface area contributed by atoms with Crippen molar-refractivity contribution in [1.82, 2.24) is 0 Å². The zero-order valence-corrected chi connectivity index (χ0v) is 12.5. The molecule has 1 aromatic carbocycles. The Kier molecular flexibility index (Phi) is 5.13. The average molecular weight is 281 g/mol. The lowest BCUT2D eigenvalue weighted by atomic mass is 10.0. The van der Waals surface area contributed by atoms with Gasteiger partial charge in [0.1, 0.15) is 0 Å². The van der Waals surface area contributed by atoms with Crippen LogP contribution in [-0.2, 0) is 15.5 Å². The van der Waals surface area contributed by atoms with Crippen LogP contribution in [0.5, 0.6) is 0 Å². The van der Waals surface area contributed by atoms with Gasteiger partial charge in [-0.1, -0.05) is 23.8 Å². The van der Waals surface area contributed by atoms with Crippen LogP contribution in [0.2, 0.25) is 0 Å². The van der Waals surface area contributed by atoms with Gasteiger partial charge in [0.25, 0.3) is 0 Å². The number of benzene rings is 1. The maximum atomic E-state index is 12.3. The predicted molar refractivity (Wildman–Crippen MR) is 79.7 cm³/mol. The van der Waals surface area contributed by atoms with Gasteiger partial charge in [0.05, 0.1) is 0 Å². The number of hydrogen-bond acceptors (Lipinski definition) is 3. The lowest BCUT2D eigenvalue weighted by Gasteiger charge is -2.23. The molecule has 0 aromatic heterocycles. The Morgan fingerprint density at radius 2 is 2.05 bits per heavy atom. The molecule has 1 aromatic rings. The summed E-state index contributed by atoms with van der Waals surface area (Å²) in [4.78, 5) is 0. The molecule has 106 valence electrons. The summed E-state index contributed by atoms with van der Waals surface area (Å²) in [5.74, 6) is 0.550. The minimum absolute atomic E-state index is 0.135. The normalized spacial score (nSPS) is 20.2. The molecule has 1 aliphatic heterocycles. The van der Waals surface area contributed by atoms with Crippen LogP contribution in [0, 0.1) is 13.8 Å². The van der Waals surface area contributed by atoms with Crippen molar-refractivity contribution < 1.29 is 8.95 Å². The van der Waals surface area contributed by atoms with Crippen molar-refractivity contribution in [3.63, 3.8) is 0 Å². The van der Waals surface area contributed by atoms with E-state index in [1.165, 1.54) is 11.1 Å². The third kappa shape index (κ3) is 3.88. The molecule has 2 unspecified atom stereocenters. The fourth-order valence-corrected chi connectivity index (χ4v) is 4.11. The third-order valence-corrected chi connectivity index (χ3v) is 5.61. The predicted octanol–water partition coefficient (Wildman–Crippen LogP) is 2.23. The van der Waals surface area contributed by atoms with Crippen LogP contribution >= 0.6 is 0 Å². The van der Waals surface area contributed by atoms with E-state index in [9.17, 15) is 4.21 Å². The second kappa shape index (κ2) is 6.64. The van der Waals surface area contributed by atoms with Gasteiger partial charge in [0.2, 0.25) is 0 Å². The van der Waals surface area contributed by atoms with Crippen LogP contribution in [0.1, 0.15) is 35.6 Å². The first-order chi connectivity index (χ1) is 9.08. The van der Waals surface area contributed by atoms with Crippen LogP contribution in [0.25, 0.3) is 0 Å². The first-order valence-electron chi connectivity index (χ1n) is 6.85. The molecule has 0 aliphatic carbocycles. The molecule has 0 saturated carbocycles. The quantitative estimate of drug-likeness (QED) is 0.921. The van der Waals surface area contributed by atoms with Gasteiger partial charge in [-0.2, -0.15) is 0 Å². The molecule has 0 radical (unpaired) electrons. The van der Waals surface area contributed by atoms with Crippen LogP contribution < -0.4 is 5.73 Å². The number of aryl methyl sites for hydroxylation is 2. The first-order valence-corrected chi connectivity index (χ1v) is 8.24. The van der Waals surface area contributed by atoms with Crippen molar-refractivity contribution >= 4 is 10.8 Å². The van der Waals surface area contributed by atoms with Crippen molar-refractivity contribution in [2.45, 2.75) is 38.0 Å². The second-order valence-corrected chi connectivity index (χ2v) is 7.09. The van der Waals surface area contributed by atoms with Crippen molar-refractivity contribution in [2.75, 3.05) is 19.0 Å². The smallest absolute Gasteiger partial charge is 0.0477 e. The molecular formula is C15H23NO2S. The molecule has 1 saturated heterocycles. The van der Waals surface area contributed by atoms with Gasteiger partial charge in [0, 0.05) is 41.1 Å². The molecule has 0 bridgehead atoms. The molecule has 0 amide bonds. The van der Waals surface area contributed by atoms with Gasteiger partial charge >= 0.3 is 0 Å². The van der Waals surface area contributed by atoms with E-state index in [1.54, 1.807) is 0 Å². The molecule has 0 spiro atoms. The zero-order chi connectivity index (χ0) is 13.8. The largest absolute Gasteiger partial charge is 0.381 e. The molecule has 1 fully saturated rings. The standard InChI is InChI=1S/C15H23NO2S/c1-11-3-4-14(12(2)9-11)15(16)10-19(17)13-5-7-18-8-6-13/h3-4,9,13,15H,5-8,10,16H2,1-2H3. The Morgan fingerprint density at radius 3 is 2.68 bits per heavy atom. The molecule has 2 rings (SSSR count). The molecule has 1 heterocycles. The number of rotatable bonds is 4. The average Bonchev–Trinajstić information content (AvgIpc) is 2.39. The fourth-order valence-electron chi connectivity index (χ4n) is 2.58. The van der Waals surface area contributed by atoms with Crippen molar-refractivity contribution in [1.29, 1.82) is 0 Å². The highest BCUT2D eigenvalue weighted by Crippen LogP contribution is 2.21. The minimum Gasteiger partial charge on any atom is -0.381 e. The van der Waals surface area contributed by atoms with Gasteiger partial charge in [-0.3, -0.25) is 4.21 Å². The Bertz CT molecular complexity index is 455. The lowest BCUT2D eigenvalue weighted by Crippen LogP contribution is -2.30. The minimum atomic E-state index is -0.856. The van der Waals surface area contributed by atoms with Gasteiger partial charge in [-0.05, 0) is 37.8 Å². The second-order valence-electron chi connectivity index (χ2n) is 5.33. The van der Waals surface area contributed by atoms with E-state index in [2.05, 4.69) is 32.0 Å². The van der Waals surface area contributed by atoms with E-state index < -0.39 is 10.8 Å². The van der Waals surface area contributed by atoms with Crippen LogP contribution in [0.3, 0.4) is 0 Å². The monoisotopic (exact) mass is 281 g/mol. The molecular weight excluding hydrogens is 258 g/mol. The fraction of sp³-hybridized carbons (Fsp3) is 0.600. The highest BCUT2D eigenvalue weighted by molar-refractivity contribution is 7.85. The van der Waals surface area contributed by atoms with Gasteiger partial charge in [0.15, 0.2) is 0 Å². The topological polar surface area (TPSA) is 52.3 Å². The highest BCUT2D eigenvalue weighted by atomic mass is 32.2. The molecule has 4 heteroatoms. The molecule has 19 heavy (non-hydrogen) atoms. The Labute approximate surface area is 118 Å². The van der Waals surface area contributed by atoms with E-state index in [0.29, 0.717) is 5.75 Å². The van der Waals surface area contributed by atoms with Crippen LogP contribution in [0.15, 0.2) is 18.2 Å². The summed E-state index contributed by atoms with van der Waals surface area (Å²) in [6, 6.07) is 6.13. The van der Waals surface area contributed by atoms with E-state index in [1.807, 2.05) is 0 Å². The van der Waals surface area contributed by atoms with Crippen molar-refractivity contribution in [3.8, 4) is 0 Å². The van der Waals surface area contributed by atoms with E-state index in [-0.39, 0.29) is 11.3 Å². The van der Waals surface area contributed by atoms with Gasteiger partial charge in [-0.25, -0.2) is 0 Å². The maximum absolute atomic E-state index is 12.3. The Balaban J connectivity index is 1.99. The van der Waals surface area contributed by atoms with Gasteiger partial charge < -0.3 is 10.5 Å². The summed E-state index contributed by atoms with van der Waals surface area (Å²) < 4.78 is 17.6. The maximum Gasteiger partial charge on any atom is 0.0477 e. The molecule has 3 nitrogen and oxygen atoms in total. The zero-order valence-electron chi connectivity index (χ0n) is 11.7. The number of nitrogens with two attached hydrogens (primary N) is 1. The number of ether oxygens (including phenoxy) is 1. The third-order valence-electron chi connectivity index (χ3n) is 3.71. The summed E-state index contributed by atoms with van der Waals surface area (Å²) >= 11 is 0. The lowest BCUT2D eigenvalue weighted by molar-refractivity contribution is 0.0992. The summed E-state index contributed by atoms with van der Waals surface area (Å²) in [5, 5.41) is 0.255. The van der Waals surface area contributed by atoms with Gasteiger partial charge in [-0.15, -0.1) is 0 Å². The molecule has 2 atom stereocenters. The van der Waals surface area contributed by atoms with E-state index in [0.717, 1.165) is 31.6 Å². The summed E-state index contributed by atoms with van der Waals surface area (Å²) in [7, 11) is -0.856. The Morgan fingerprint density at radius 1 is 1.37 bits per heavy atom. The molecule has 2 N–H and O–H groups in total. The van der Waals surface area contributed by atoms with Crippen molar-refractivity contribution in [3.05, 3.63) is 34.9 Å². The van der Waals surface area contributed by atoms with Crippen LogP contribution in [0.4, 0.5) is 0 Å². The van der Waals surface area contributed by atoms with E-state index in [4.69, 9.17) is 10.5 Å². The first kappa shape index (κ1) is 14.7. The summed E-state index contributed by atoms with van der Waals surface area (Å²) in [6.07, 6.45) is 1.79.